The molecule has 1 aliphatic heterocycles. The number of carbonyl (C=O) groups is 1. The second-order valence-corrected chi connectivity index (χ2v) is 3.91. The standard InChI is InChI=1S/C10H15O2.Lr/c1-7-8-4-2-3-5-9(7)10(11)12-6-8;/h8-9H,2-6H2,1H3;/q-1;. The molecule has 1 heterocycles. The van der Waals surface area contributed by atoms with Crippen molar-refractivity contribution < 1.29 is 9.53 Å². The van der Waals surface area contributed by atoms with Crippen LogP contribution in [0.25, 0.3) is 0 Å². The summed E-state index contributed by atoms with van der Waals surface area (Å²) in [5, 5.41) is 0. The first-order valence-corrected chi connectivity index (χ1v) is 4.79. The van der Waals surface area contributed by atoms with Crippen molar-refractivity contribution >= 4 is 5.97 Å². The molecule has 1 saturated carbocycles. The Labute approximate surface area is 73.3 Å². The third-order valence-electron chi connectivity index (χ3n) is 3.20. The molecule has 0 N–H and O–H groups in total. The van der Waals surface area contributed by atoms with E-state index in [0.717, 1.165) is 6.42 Å². The monoisotopic (exact) mass is 429 g/mol. The number of ether oxygens (including phenoxy) is 1. The van der Waals surface area contributed by atoms with Crippen LogP contribution in [0.3, 0.4) is 0 Å². The van der Waals surface area contributed by atoms with Crippen LogP contribution in [0.4, 0.5) is 0 Å². The van der Waals surface area contributed by atoms with Crippen molar-refractivity contribution in [3.8, 4) is 0 Å². The van der Waals surface area contributed by atoms with Crippen molar-refractivity contribution in [3.63, 3.8) is 0 Å². The van der Waals surface area contributed by atoms with E-state index >= 15 is 0 Å². The van der Waals surface area contributed by atoms with Crippen LogP contribution in [0.1, 0.15) is 32.6 Å². The van der Waals surface area contributed by atoms with E-state index in [-0.39, 0.29) is 11.9 Å². The molecule has 1 radical (unpaired) electrons. The molecule has 2 rings (SSSR count). The molecule has 2 bridgehead atoms. The number of fused-ring (bicyclic) bond motifs is 2. The largest absolute Gasteiger partial charge is 0.470 e. The molecule has 3 heteroatoms. The molecule has 0 aromatic heterocycles. The van der Waals surface area contributed by atoms with Gasteiger partial charge in [0.2, 0.25) is 0 Å². The van der Waals surface area contributed by atoms with Gasteiger partial charge in [0, 0.05) is 0 Å². The van der Waals surface area contributed by atoms with Gasteiger partial charge in [0.25, 0.3) is 5.97 Å². The van der Waals surface area contributed by atoms with Gasteiger partial charge in [-0.1, -0.05) is 31.6 Å². The first-order chi connectivity index (χ1) is 5.79. The van der Waals surface area contributed by atoms with E-state index in [9.17, 15) is 4.79 Å². The van der Waals surface area contributed by atoms with E-state index in [2.05, 4.69) is 6.92 Å². The van der Waals surface area contributed by atoms with E-state index in [0.29, 0.717) is 12.5 Å². The minimum atomic E-state index is 0. The van der Waals surface area contributed by atoms with E-state index < -0.39 is 0 Å². The summed E-state index contributed by atoms with van der Waals surface area (Å²) in [5.41, 5.74) is 0. The van der Waals surface area contributed by atoms with Crippen molar-refractivity contribution in [3.05, 3.63) is 5.92 Å². The van der Waals surface area contributed by atoms with Gasteiger partial charge in [-0.3, -0.25) is 10.7 Å². The first-order valence-electron chi connectivity index (χ1n) is 4.79. The Morgan fingerprint density at radius 1 is 1.38 bits per heavy atom. The molecule has 2 aliphatic rings. The molecular weight excluding hydrogens is 414 g/mol. The predicted molar refractivity (Wildman–Crippen MR) is 45.3 cm³/mol. The van der Waals surface area contributed by atoms with Crippen molar-refractivity contribution in [2.45, 2.75) is 32.6 Å². The van der Waals surface area contributed by atoms with E-state index in [1.165, 1.54) is 25.2 Å². The molecule has 83 valence electrons. The second-order valence-electron chi connectivity index (χ2n) is 3.91. The molecule has 2 nitrogen and oxygen atoms in total. The third-order valence-corrected chi connectivity index (χ3v) is 3.20. The van der Waals surface area contributed by atoms with E-state index in [4.69, 9.17) is 4.74 Å². The van der Waals surface area contributed by atoms with Crippen LogP contribution in [0.5, 0.6) is 0 Å². The number of hydrogen-bond acceptors (Lipinski definition) is 2. The van der Waals surface area contributed by atoms with Crippen LogP contribution in [-0.4, -0.2) is 12.6 Å². The van der Waals surface area contributed by atoms with Crippen LogP contribution >= 0.6 is 0 Å². The molecule has 0 aromatic carbocycles. The van der Waals surface area contributed by atoms with Crippen LogP contribution in [0, 0.1) is 17.8 Å². The molecule has 2 fully saturated rings. The maximum absolute atomic E-state index is 11.3. The smallest absolute Gasteiger partial charge is 0.278 e. The topological polar surface area (TPSA) is 26.3 Å². The average Bonchev–Trinajstić information content (AvgIpc) is 2.16. The number of rotatable bonds is 0. The third kappa shape index (κ3) is 1.49. The van der Waals surface area contributed by atoms with Crippen LogP contribution < -0.4 is 0 Å². The molecule has 2 atom stereocenters. The number of hydrogen-bond donors (Lipinski definition) is 0. The first kappa shape index (κ1) is 9.56. The number of esters is 1. The van der Waals surface area contributed by atoms with Crippen molar-refractivity contribution in [2.75, 3.05) is 6.61 Å². The summed E-state index contributed by atoms with van der Waals surface area (Å²) in [5.74, 6) is 2.09. The Kier molecular flexibility index (Phi) is 2.54. The average molecular weight is 429 g/mol. The van der Waals surface area contributed by atoms with Gasteiger partial charge in [0.15, 0.2) is 0 Å². The normalized spacial score (nSPS) is 34.4. The van der Waals surface area contributed by atoms with Gasteiger partial charge in [-0.25, -0.2) is 0 Å². The van der Waals surface area contributed by atoms with Crippen molar-refractivity contribution in [1.29, 1.82) is 0 Å². The molecule has 0 aromatic rings. The Morgan fingerprint density at radius 3 is 2.85 bits per heavy atom. The van der Waals surface area contributed by atoms with Crippen molar-refractivity contribution in [2.24, 2.45) is 11.8 Å². The Hall–Kier alpha value is -1.53. The van der Waals surface area contributed by atoms with Gasteiger partial charge in [0.05, 0.1) is 6.61 Å². The zero-order chi connectivity index (χ0) is 8.55. The summed E-state index contributed by atoms with van der Waals surface area (Å²) in [7, 11) is 0. The Balaban J connectivity index is 0.000000845. The van der Waals surface area contributed by atoms with E-state index in [1.54, 1.807) is 0 Å². The minimum Gasteiger partial charge on any atom is -0.470 e. The van der Waals surface area contributed by atoms with Crippen LogP contribution in [0.2, 0.25) is 0 Å². The summed E-state index contributed by atoms with van der Waals surface area (Å²) >= 11 is 0. The zero-order valence-electron chi connectivity index (χ0n) is 7.76. The second kappa shape index (κ2) is 3.46. The van der Waals surface area contributed by atoms with Crippen molar-refractivity contribution in [1.82, 2.24) is 0 Å². The van der Waals surface area contributed by atoms with Gasteiger partial charge in [-0.05, 0) is 0 Å². The summed E-state index contributed by atoms with van der Waals surface area (Å²) < 4.78 is 5.14. The Bertz CT molecular complexity index is 193. The predicted octanol–water partition coefficient (Wildman–Crippen LogP) is 1.94. The number of cyclic esters (lactones) is 1. The van der Waals surface area contributed by atoms with E-state index in [1.807, 2.05) is 0 Å². The van der Waals surface area contributed by atoms with Crippen LogP contribution in [-0.2, 0) is 9.53 Å². The van der Waals surface area contributed by atoms with Gasteiger partial charge >= 0.3 is 0 Å². The maximum Gasteiger partial charge on any atom is 0.278 e. The minimum absolute atomic E-state index is 0. The fourth-order valence-electron chi connectivity index (χ4n) is 2.28. The van der Waals surface area contributed by atoms with Gasteiger partial charge in [0.1, 0.15) is 0 Å². The number of carbonyl (C=O) groups excluding carboxylic acids is 1. The molecule has 2 unspecified atom stereocenters. The van der Waals surface area contributed by atoms with Gasteiger partial charge < -0.3 is 4.74 Å². The molecule has 1 aliphatic carbocycles. The molecule has 13 heavy (non-hydrogen) atoms. The molecule has 1 saturated heterocycles. The maximum atomic E-state index is 11.3. The molecule has 0 amide bonds. The SMILES string of the molecule is C[C-]1C2CCCCC1C(=O)OC2.[Lr]. The van der Waals surface area contributed by atoms with Crippen LogP contribution in [0.15, 0.2) is 0 Å². The summed E-state index contributed by atoms with van der Waals surface area (Å²) in [4.78, 5) is 11.3. The fourth-order valence-corrected chi connectivity index (χ4v) is 2.28. The van der Waals surface area contributed by atoms with Gasteiger partial charge in [-0.2, -0.15) is 6.92 Å². The molecule has 0 spiro atoms. The summed E-state index contributed by atoms with van der Waals surface area (Å²) in [6.07, 6.45) is 4.68. The Morgan fingerprint density at radius 2 is 2.08 bits per heavy atom. The fraction of sp³-hybridized carbons (Fsp3) is 0.800. The quantitative estimate of drug-likeness (QED) is 0.435. The zero-order valence-corrected chi connectivity index (χ0v) is 9.92. The summed E-state index contributed by atoms with van der Waals surface area (Å²) in [6.45, 7) is 2.77. The van der Waals surface area contributed by atoms with Gasteiger partial charge in [-0.15, -0.1) is 5.92 Å². The summed E-state index contributed by atoms with van der Waals surface area (Å²) in [6, 6.07) is 0. The molecular formula is C10H15LrO2-.